The van der Waals surface area contributed by atoms with Gasteiger partial charge in [0.05, 0.1) is 0 Å². The van der Waals surface area contributed by atoms with Crippen LogP contribution in [0.15, 0.2) is 24.3 Å². The number of alkyl halides is 3. The molecule has 2 nitrogen and oxygen atoms in total. The molecule has 0 bridgehead atoms. The molecule has 0 spiro atoms. The lowest BCUT2D eigenvalue weighted by Crippen LogP contribution is -2.33. The van der Waals surface area contributed by atoms with Crippen LogP contribution in [-0.4, -0.2) is 18.6 Å². The minimum Gasteiger partial charge on any atom is -0.343 e. The lowest BCUT2D eigenvalue weighted by molar-refractivity contribution is -0.123. The standard InChI is InChI=1S/C10H8F3NO/c1-7-3-2-4-8(5-7)9(15)14-6-10(11,12)13/h1-5H,6H2,(H,14,15). The second kappa shape index (κ2) is 4.33. The SMILES string of the molecule is [CH]c1cccc(C(=O)NCC(F)(F)F)c1. The number of rotatable bonds is 2. The smallest absolute Gasteiger partial charge is 0.343 e. The summed E-state index contributed by atoms with van der Waals surface area (Å²) in [5.74, 6) is -0.792. The Hall–Kier alpha value is -1.52. The average molecular weight is 215 g/mol. The zero-order valence-electron chi connectivity index (χ0n) is 7.64. The maximum absolute atomic E-state index is 11.8. The summed E-state index contributed by atoms with van der Waals surface area (Å²) in [5.41, 5.74) is 0.439. The third-order valence-corrected chi connectivity index (χ3v) is 1.60. The Kier molecular flexibility index (Phi) is 3.34. The largest absolute Gasteiger partial charge is 0.405 e. The molecular formula is C10H8F3NO. The van der Waals surface area contributed by atoms with Gasteiger partial charge >= 0.3 is 6.18 Å². The Labute approximate surface area is 85.1 Å². The Morgan fingerprint density at radius 2 is 2.07 bits per heavy atom. The third kappa shape index (κ3) is 4.01. The van der Waals surface area contributed by atoms with Gasteiger partial charge < -0.3 is 5.32 Å². The van der Waals surface area contributed by atoms with E-state index < -0.39 is 18.6 Å². The lowest BCUT2D eigenvalue weighted by Gasteiger charge is -2.08. The lowest BCUT2D eigenvalue weighted by atomic mass is 10.1. The monoisotopic (exact) mass is 215 g/mol. The Morgan fingerprint density at radius 1 is 1.40 bits per heavy atom. The van der Waals surface area contributed by atoms with E-state index in [-0.39, 0.29) is 5.56 Å². The van der Waals surface area contributed by atoms with E-state index in [1.165, 1.54) is 18.2 Å². The number of benzene rings is 1. The maximum Gasteiger partial charge on any atom is 0.405 e. The zero-order chi connectivity index (χ0) is 11.5. The second-order valence-electron chi connectivity index (χ2n) is 2.92. The molecule has 0 unspecified atom stereocenters. The summed E-state index contributed by atoms with van der Waals surface area (Å²) in [6.07, 6.45) is -4.41. The van der Waals surface area contributed by atoms with E-state index >= 15 is 0 Å². The number of amides is 1. The van der Waals surface area contributed by atoms with E-state index in [1.807, 2.05) is 0 Å². The van der Waals surface area contributed by atoms with Crippen molar-refractivity contribution in [2.75, 3.05) is 6.54 Å². The van der Waals surface area contributed by atoms with Gasteiger partial charge in [-0.2, -0.15) is 13.2 Å². The first-order valence-electron chi connectivity index (χ1n) is 4.09. The molecule has 0 heterocycles. The number of halogens is 3. The molecule has 0 saturated carbocycles. The van der Waals surface area contributed by atoms with E-state index in [2.05, 4.69) is 0 Å². The highest BCUT2D eigenvalue weighted by Crippen LogP contribution is 2.12. The molecule has 0 aromatic heterocycles. The molecule has 0 atom stereocenters. The molecule has 0 fully saturated rings. The predicted molar refractivity (Wildman–Crippen MR) is 48.2 cm³/mol. The van der Waals surface area contributed by atoms with Gasteiger partial charge in [-0.25, -0.2) is 0 Å². The quantitative estimate of drug-likeness (QED) is 0.803. The zero-order valence-corrected chi connectivity index (χ0v) is 7.64. The Morgan fingerprint density at radius 3 is 2.60 bits per heavy atom. The molecule has 2 radical (unpaired) electrons. The summed E-state index contributed by atoms with van der Waals surface area (Å²) in [6.45, 7) is 4.03. The van der Waals surface area contributed by atoms with Crippen molar-refractivity contribution in [2.45, 2.75) is 6.18 Å². The van der Waals surface area contributed by atoms with Gasteiger partial charge in [0.15, 0.2) is 0 Å². The van der Waals surface area contributed by atoms with Crippen molar-refractivity contribution < 1.29 is 18.0 Å². The molecule has 1 rings (SSSR count). The van der Waals surface area contributed by atoms with Crippen LogP contribution in [0, 0.1) is 6.92 Å². The first kappa shape index (κ1) is 11.6. The van der Waals surface area contributed by atoms with E-state index in [9.17, 15) is 18.0 Å². The van der Waals surface area contributed by atoms with Gasteiger partial charge in [0.1, 0.15) is 6.54 Å². The topological polar surface area (TPSA) is 29.1 Å². The highest BCUT2D eigenvalue weighted by Gasteiger charge is 2.27. The van der Waals surface area contributed by atoms with Gasteiger partial charge in [-0.15, -0.1) is 0 Å². The summed E-state index contributed by atoms with van der Waals surface area (Å²) >= 11 is 0. The molecule has 15 heavy (non-hydrogen) atoms. The van der Waals surface area contributed by atoms with Gasteiger partial charge in [-0.1, -0.05) is 12.1 Å². The van der Waals surface area contributed by atoms with Crippen LogP contribution < -0.4 is 5.32 Å². The summed E-state index contributed by atoms with van der Waals surface area (Å²) < 4.78 is 35.3. The fraction of sp³-hybridized carbons (Fsp3) is 0.200. The summed E-state index contributed by atoms with van der Waals surface area (Å²) in [7, 11) is 0. The van der Waals surface area contributed by atoms with E-state index in [1.54, 1.807) is 11.4 Å². The van der Waals surface area contributed by atoms with Gasteiger partial charge in [-0.05, 0) is 24.6 Å². The van der Waals surface area contributed by atoms with Crippen LogP contribution in [0.2, 0.25) is 0 Å². The minimum absolute atomic E-state index is 0.110. The molecule has 1 amide bonds. The maximum atomic E-state index is 11.8. The van der Waals surface area contributed by atoms with Gasteiger partial charge in [0.2, 0.25) is 0 Å². The van der Waals surface area contributed by atoms with Crippen LogP contribution in [0.4, 0.5) is 13.2 Å². The van der Waals surface area contributed by atoms with Crippen molar-refractivity contribution >= 4 is 5.91 Å². The van der Waals surface area contributed by atoms with Crippen LogP contribution in [-0.2, 0) is 0 Å². The first-order valence-corrected chi connectivity index (χ1v) is 4.09. The first-order chi connectivity index (χ1) is 6.88. The molecule has 0 saturated heterocycles. The van der Waals surface area contributed by atoms with Crippen LogP contribution in [0.5, 0.6) is 0 Å². The van der Waals surface area contributed by atoms with Crippen LogP contribution in [0.3, 0.4) is 0 Å². The Bertz CT molecular complexity index is 360. The van der Waals surface area contributed by atoms with Crippen LogP contribution >= 0.6 is 0 Å². The van der Waals surface area contributed by atoms with Crippen molar-refractivity contribution in [1.82, 2.24) is 5.32 Å². The van der Waals surface area contributed by atoms with E-state index in [0.29, 0.717) is 5.56 Å². The van der Waals surface area contributed by atoms with Crippen molar-refractivity contribution in [1.29, 1.82) is 0 Å². The molecular weight excluding hydrogens is 207 g/mol. The van der Waals surface area contributed by atoms with Crippen molar-refractivity contribution in [3.8, 4) is 0 Å². The van der Waals surface area contributed by atoms with E-state index in [4.69, 9.17) is 6.92 Å². The number of carbonyl (C=O) groups excluding carboxylic acids is 1. The minimum atomic E-state index is -4.41. The van der Waals surface area contributed by atoms with E-state index in [0.717, 1.165) is 0 Å². The second-order valence-corrected chi connectivity index (χ2v) is 2.92. The van der Waals surface area contributed by atoms with Crippen molar-refractivity contribution in [3.05, 3.63) is 42.3 Å². The fourth-order valence-corrected chi connectivity index (χ4v) is 0.962. The fourth-order valence-electron chi connectivity index (χ4n) is 0.962. The molecule has 1 aromatic rings. The molecule has 1 N–H and O–H groups in total. The highest BCUT2D eigenvalue weighted by molar-refractivity contribution is 5.94. The van der Waals surface area contributed by atoms with Crippen LogP contribution in [0.1, 0.15) is 15.9 Å². The predicted octanol–water partition coefficient (Wildman–Crippen LogP) is 2.04. The normalized spacial score (nSPS) is 11.2. The highest BCUT2D eigenvalue weighted by atomic mass is 19.4. The molecule has 0 aliphatic rings. The van der Waals surface area contributed by atoms with Gasteiger partial charge in [0.25, 0.3) is 5.91 Å². The Balaban J connectivity index is 2.62. The molecule has 0 aliphatic heterocycles. The average Bonchev–Trinajstić information content (AvgIpc) is 2.13. The number of carbonyl (C=O) groups is 1. The molecule has 0 aliphatic carbocycles. The van der Waals surface area contributed by atoms with Crippen molar-refractivity contribution in [3.63, 3.8) is 0 Å². The number of hydrogen-bond donors (Lipinski definition) is 1. The third-order valence-electron chi connectivity index (χ3n) is 1.60. The van der Waals surface area contributed by atoms with Crippen LogP contribution in [0.25, 0.3) is 0 Å². The molecule has 80 valence electrons. The molecule has 5 heteroatoms. The molecule has 1 aromatic carbocycles. The summed E-state index contributed by atoms with van der Waals surface area (Å²) in [5, 5.41) is 1.75. The summed E-state index contributed by atoms with van der Waals surface area (Å²) in [6, 6.07) is 5.74. The number of nitrogens with one attached hydrogen (secondary N) is 1. The summed E-state index contributed by atoms with van der Waals surface area (Å²) in [4.78, 5) is 11.2. The van der Waals surface area contributed by atoms with Crippen molar-refractivity contribution in [2.24, 2.45) is 0 Å². The van der Waals surface area contributed by atoms with Gasteiger partial charge in [-0.3, -0.25) is 4.79 Å². The van der Waals surface area contributed by atoms with Gasteiger partial charge in [0, 0.05) is 5.56 Å². The number of hydrogen-bond acceptors (Lipinski definition) is 1.